The summed E-state index contributed by atoms with van der Waals surface area (Å²) in [5.74, 6) is 1.36. The SMILES string of the molecule is CCOc1cc(/C=C/C(=O)c2ccc(OC)c(OC)c2)ccc1O. The molecule has 0 aliphatic rings. The van der Waals surface area contributed by atoms with E-state index in [0.29, 0.717) is 29.4 Å². The number of aromatic hydroxyl groups is 1. The molecule has 24 heavy (non-hydrogen) atoms. The van der Waals surface area contributed by atoms with E-state index in [1.165, 1.54) is 19.3 Å². The van der Waals surface area contributed by atoms with Crippen molar-refractivity contribution in [1.29, 1.82) is 0 Å². The van der Waals surface area contributed by atoms with Gasteiger partial charge in [0.25, 0.3) is 0 Å². The highest BCUT2D eigenvalue weighted by molar-refractivity contribution is 6.07. The van der Waals surface area contributed by atoms with Crippen molar-refractivity contribution in [2.24, 2.45) is 0 Å². The van der Waals surface area contributed by atoms with Crippen LogP contribution in [0.25, 0.3) is 6.08 Å². The average molecular weight is 328 g/mol. The van der Waals surface area contributed by atoms with Crippen molar-refractivity contribution in [2.45, 2.75) is 6.92 Å². The molecule has 2 aromatic carbocycles. The van der Waals surface area contributed by atoms with Crippen molar-refractivity contribution < 1.29 is 24.1 Å². The summed E-state index contributed by atoms with van der Waals surface area (Å²) in [5.41, 5.74) is 1.25. The molecule has 0 atom stereocenters. The molecule has 0 aromatic heterocycles. The second-order valence-corrected chi connectivity index (χ2v) is 4.93. The molecular formula is C19H20O5. The number of allylic oxidation sites excluding steroid dienone is 1. The van der Waals surface area contributed by atoms with Gasteiger partial charge in [0.1, 0.15) is 0 Å². The molecule has 0 amide bonds. The zero-order chi connectivity index (χ0) is 17.5. The summed E-state index contributed by atoms with van der Waals surface area (Å²) < 4.78 is 15.7. The van der Waals surface area contributed by atoms with Crippen LogP contribution in [0.15, 0.2) is 42.5 Å². The van der Waals surface area contributed by atoms with E-state index in [1.54, 1.807) is 43.5 Å². The minimum absolute atomic E-state index is 0.0696. The van der Waals surface area contributed by atoms with Crippen molar-refractivity contribution in [2.75, 3.05) is 20.8 Å². The van der Waals surface area contributed by atoms with Gasteiger partial charge in [0.2, 0.25) is 0 Å². The number of ketones is 1. The lowest BCUT2D eigenvalue weighted by molar-refractivity contribution is 0.104. The predicted molar refractivity (Wildman–Crippen MR) is 92.2 cm³/mol. The molecule has 5 nitrogen and oxygen atoms in total. The standard InChI is InChI=1S/C19H20O5/c1-4-24-18-11-13(6-9-16(18)21)5-8-15(20)14-7-10-17(22-2)19(12-14)23-3/h5-12,21H,4H2,1-3H3/b8-5+. The minimum atomic E-state index is -0.165. The zero-order valence-corrected chi connectivity index (χ0v) is 13.9. The van der Waals surface area contributed by atoms with Gasteiger partial charge in [-0.05, 0) is 48.9 Å². The second-order valence-electron chi connectivity index (χ2n) is 4.93. The quantitative estimate of drug-likeness (QED) is 0.620. The minimum Gasteiger partial charge on any atom is -0.504 e. The third kappa shape index (κ3) is 4.07. The Morgan fingerprint density at radius 3 is 2.46 bits per heavy atom. The van der Waals surface area contributed by atoms with Crippen LogP contribution in [-0.4, -0.2) is 31.7 Å². The van der Waals surface area contributed by atoms with E-state index in [4.69, 9.17) is 14.2 Å². The Labute approximate surface area is 141 Å². The highest BCUT2D eigenvalue weighted by atomic mass is 16.5. The Hall–Kier alpha value is -2.95. The molecule has 2 rings (SSSR count). The Bertz CT molecular complexity index is 749. The van der Waals surface area contributed by atoms with Crippen molar-refractivity contribution in [3.63, 3.8) is 0 Å². The van der Waals surface area contributed by atoms with Gasteiger partial charge >= 0.3 is 0 Å². The van der Waals surface area contributed by atoms with Crippen LogP contribution in [0.3, 0.4) is 0 Å². The number of rotatable bonds is 7. The van der Waals surface area contributed by atoms with Crippen LogP contribution in [0.5, 0.6) is 23.0 Å². The normalized spacial score (nSPS) is 10.6. The molecule has 1 N–H and O–H groups in total. The van der Waals surface area contributed by atoms with Crippen molar-refractivity contribution in [1.82, 2.24) is 0 Å². The molecule has 126 valence electrons. The molecular weight excluding hydrogens is 308 g/mol. The van der Waals surface area contributed by atoms with Crippen LogP contribution < -0.4 is 14.2 Å². The maximum absolute atomic E-state index is 12.3. The zero-order valence-electron chi connectivity index (χ0n) is 13.9. The van der Waals surface area contributed by atoms with Crippen LogP contribution in [0.4, 0.5) is 0 Å². The van der Waals surface area contributed by atoms with Gasteiger partial charge in [0.15, 0.2) is 28.8 Å². The molecule has 0 unspecified atom stereocenters. The number of benzene rings is 2. The number of ether oxygens (including phenoxy) is 3. The van der Waals surface area contributed by atoms with Gasteiger partial charge in [0.05, 0.1) is 20.8 Å². The van der Waals surface area contributed by atoms with Crippen molar-refractivity contribution in [3.8, 4) is 23.0 Å². The van der Waals surface area contributed by atoms with Crippen LogP contribution >= 0.6 is 0 Å². The summed E-state index contributed by atoms with van der Waals surface area (Å²) in [6, 6.07) is 9.91. The molecule has 0 fully saturated rings. The molecule has 2 aromatic rings. The number of hydrogen-bond donors (Lipinski definition) is 1. The summed E-state index contributed by atoms with van der Waals surface area (Å²) in [6.07, 6.45) is 3.13. The third-order valence-corrected chi connectivity index (χ3v) is 3.38. The summed E-state index contributed by atoms with van der Waals surface area (Å²) in [6.45, 7) is 2.29. The number of methoxy groups -OCH3 is 2. The van der Waals surface area contributed by atoms with Gasteiger partial charge < -0.3 is 19.3 Å². The molecule has 5 heteroatoms. The van der Waals surface area contributed by atoms with Crippen LogP contribution in [-0.2, 0) is 0 Å². The van der Waals surface area contributed by atoms with Crippen LogP contribution in [0.2, 0.25) is 0 Å². The summed E-state index contributed by atoms with van der Waals surface area (Å²) >= 11 is 0. The first-order chi connectivity index (χ1) is 11.6. The van der Waals surface area contributed by atoms with Crippen molar-refractivity contribution >= 4 is 11.9 Å². The Morgan fingerprint density at radius 2 is 1.79 bits per heavy atom. The molecule has 0 heterocycles. The highest BCUT2D eigenvalue weighted by Crippen LogP contribution is 2.29. The molecule has 0 aliphatic heterocycles. The van der Waals surface area contributed by atoms with Gasteiger partial charge in [-0.1, -0.05) is 12.1 Å². The first-order valence-electron chi connectivity index (χ1n) is 7.49. The highest BCUT2D eigenvalue weighted by Gasteiger charge is 2.09. The van der Waals surface area contributed by atoms with E-state index in [0.717, 1.165) is 5.56 Å². The van der Waals surface area contributed by atoms with E-state index in [1.807, 2.05) is 6.92 Å². The number of carbonyl (C=O) groups excluding carboxylic acids is 1. The Balaban J connectivity index is 2.20. The predicted octanol–water partition coefficient (Wildman–Crippen LogP) is 3.70. The monoisotopic (exact) mass is 328 g/mol. The Kier molecular flexibility index (Phi) is 5.84. The third-order valence-electron chi connectivity index (χ3n) is 3.38. The second kappa shape index (κ2) is 8.06. The van der Waals surface area contributed by atoms with E-state index in [-0.39, 0.29) is 11.5 Å². The van der Waals surface area contributed by atoms with Crippen LogP contribution in [0, 0.1) is 0 Å². The number of phenolic OH excluding ortho intramolecular Hbond substituents is 1. The smallest absolute Gasteiger partial charge is 0.185 e. The van der Waals surface area contributed by atoms with Crippen molar-refractivity contribution in [3.05, 3.63) is 53.6 Å². The average Bonchev–Trinajstić information content (AvgIpc) is 2.61. The molecule has 0 bridgehead atoms. The topological polar surface area (TPSA) is 65.0 Å². The lowest BCUT2D eigenvalue weighted by Gasteiger charge is -2.08. The fourth-order valence-corrected chi connectivity index (χ4v) is 2.16. The number of carbonyl (C=O) groups is 1. The van der Waals surface area contributed by atoms with Crippen LogP contribution in [0.1, 0.15) is 22.8 Å². The largest absolute Gasteiger partial charge is 0.504 e. The van der Waals surface area contributed by atoms with E-state index in [9.17, 15) is 9.90 Å². The first kappa shape index (κ1) is 17.4. The molecule has 0 saturated carbocycles. The van der Waals surface area contributed by atoms with Gasteiger partial charge in [-0.3, -0.25) is 4.79 Å². The van der Waals surface area contributed by atoms with Gasteiger partial charge in [0, 0.05) is 5.56 Å². The Morgan fingerprint density at radius 1 is 1.04 bits per heavy atom. The maximum Gasteiger partial charge on any atom is 0.185 e. The van der Waals surface area contributed by atoms with E-state index >= 15 is 0 Å². The summed E-state index contributed by atoms with van der Waals surface area (Å²) in [7, 11) is 3.06. The number of hydrogen-bond acceptors (Lipinski definition) is 5. The molecule has 0 aliphatic carbocycles. The summed E-state index contributed by atoms with van der Waals surface area (Å²) in [4.78, 5) is 12.3. The molecule has 0 radical (unpaired) electrons. The molecule has 0 saturated heterocycles. The lowest BCUT2D eigenvalue weighted by atomic mass is 10.1. The first-order valence-corrected chi connectivity index (χ1v) is 7.49. The molecule has 0 spiro atoms. The maximum atomic E-state index is 12.3. The number of phenols is 1. The lowest BCUT2D eigenvalue weighted by Crippen LogP contribution is -1.97. The summed E-state index contributed by atoms with van der Waals surface area (Å²) in [5, 5.41) is 9.69. The van der Waals surface area contributed by atoms with E-state index in [2.05, 4.69) is 0 Å². The van der Waals surface area contributed by atoms with Gasteiger partial charge in [-0.15, -0.1) is 0 Å². The van der Waals surface area contributed by atoms with Gasteiger partial charge in [-0.2, -0.15) is 0 Å². The fraction of sp³-hybridized carbons (Fsp3) is 0.211. The van der Waals surface area contributed by atoms with Gasteiger partial charge in [-0.25, -0.2) is 0 Å². The fourth-order valence-electron chi connectivity index (χ4n) is 2.16. The van der Waals surface area contributed by atoms with E-state index < -0.39 is 0 Å².